The Morgan fingerprint density at radius 2 is 2.38 bits per heavy atom. The van der Waals surface area contributed by atoms with E-state index in [-0.39, 0.29) is 0 Å². The maximum atomic E-state index is 4.60. The lowest BCUT2D eigenvalue weighted by Gasteiger charge is -2.14. The Kier molecular flexibility index (Phi) is 3.95. The summed E-state index contributed by atoms with van der Waals surface area (Å²) in [5, 5.41) is 6.50. The molecule has 1 saturated carbocycles. The summed E-state index contributed by atoms with van der Waals surface area (Å²) in [7, 11) is 4.16. The molecule has 0 radical (unpaired) electrons. The van der Waals surface area contributed by atoms with Gasteiger partial charge in [0.25, 0.3) is 0 Å². The van der Waals surface area contributed by atoms with E-state index in [1.807, 2.05) is 7.05 Å². The van der Waals surface area contributed by atoms with Crippen LogP contribution in [0.4, 0.5) is 0 Å². The van der Waals surface area contributed by atoms with Gasteiger partial charge in [-0.3, -0.25) is 0 Å². The second kappa shape index (κ2) is 5.25. The van der Waals surface area contributed by atoms with Gasteiger partial charge in [0.1, 0.15) is 5.01 Å². The largest absolute Gasteiger partial charge is 0.314 e. The fraction of sp³-hybridized carbons (Fsp3) is 0.750. The first kappa shape index (κ1) is 12.0. The van der Waals surface area contributed by atoms with Crippen LogP contribution in [0.15, 0.2) is 5.38 Å². The molecule has 0 aromatic carbocycles. The van der Waals surface area contributed by atoms with Crippen molar-refractivity contribution in [1.82, 2.24) is 15.2 Å². The molecule has 0 amide bonds. The van der Waals surface area contributed by atoms with Gasteiger partial charge in [-0.2, -0.15) is 0 Å². The molecule has 1 aromatic rings. The maximum absolute atomic E-state index is 4.60. The van der Waals surface area contributed by atoms with E-state index in [0.29, 0.717) is 0 Å². The highest BCUT2D eigenvalue weighted by Gasteiger charge is 2.33. The van der Waals surface area contributed by atoms with Crippen LogP contribution in [0.2, 0.25) is 0 Å². The molecule has 1 aliphatic carbocycles. The van der Waals surface area contributed by atoms with Crippen LogP contribution in [0.5, 0.6) is 0 Å². The number of nitrogens with one attached hydrogen (secondary N) is 1. The molecule has 2 atom stereocenters. The number of thiazole rings is 1. The second-order valence-corrected chi connectivity index (χ2v) is 5.88. The summed E-state index contributed by atoms with van der Waals surface area (Å²) < 4.78 is 0. The normalized spacial score (nSPS) is 24.0. The van der Waals surface area contributed by atoms with E-state index in [9.17, 15) is 0 Å². The van der Waals surface area contributed by atoms with Crippen LogP contribution in [-0.2, 0) is 13.1 Å². The molecular formula is C12H21N3S. The van der Waals surface area contributed by atoms with Gasteiger partial charge in [0.15, 0.2) is 0 Å². The Labute approximate surface area is 102 Å². The van der Waals surface area contributed by atoms with Crippen molar-refractivity contribution < 1.29 is 0 Å². The molecule has 0 bridgehead atoms. The van der Waals surface area contributed by atoms with Gasteiger partial charge in [0.05, 0.1) is 5.69 Å². The number of rotatable bonds is 6. The minimum Gasteiger partial charge on any atom is -0.314 e. The van der Waals surface area contributed by atoms with Gasteiger partial charge in [-0.25, -0.2) is 4.98 Å². The monoisotopic (exact) mass is 239 g/mol. The zero-order chi connectivity index (χ0) is 11.5. The van der Waals surface area contributed by atoms with Gasteiger partial charge in [0.2, 0.25) is 0 Å². The summed E-state index contributed by atoms with van der Waals surface area (Å²) in [6.07, 6.45) is 1.41. The minimum absolute atomic E-state index is 0.883. The fourth-order valence-electron chi connectivity index (χ4n) is 2.05. The molecule has 0 aliphatic heterocycles. The average molecular weight is 239 g/mol. The van der Waals surface area contributed by atoms with Crippen molar-refractivity contribution in [2.75, 3.05) is 20.6 Å². The molecule has 90 valence electrons. The first-order valence-corrected chi connectivity index (χ1v) is 6.83. The molecule has 16 heavy (non-hydrogen) atoms. The second-order valence-electron chi connectivity index (χ2n) is 4.93. The third kappa shape index (κ3) is 3.27. The molecule has 1 fully saturated rings. The highest BCUT2D eigenvalue weighted by Crippen LogP contribution is 2.38. The molecule has 1 heterocycles. The highest BCUT2D eigenvalue weighted by atomic mass is 32.1. The minimum atomic E-state index is 0.883. The highest BCUT2D eigenvalue weighted by molar-refractivity contribution is 7.09. The van der Waals surface area contributed by atoms with Crippen molar-refractivity contribution >= 4 is 11.3 Å². The Bertz CT molecular complexity index is 337. The fourth-order valence-corrected chi connectivity index (χ4v) is 2.85. The van der Waals surface area contributed by atoms with E-state index in [1.54, 1.807) is 11.3 Å². The third-order valence-corrected chi connectivity index (χ3v) is 4.08. The van der Waals surface area contributed by atoms with Crippen LogP contribution in [-0.4, -0.2) is 30.5 Å². The lowest BCUT2D eigenvalue weighted by atomic mass is 10.3. The zero-order valence-electron chi connectivity index (χ0n) is 10.4. The van der Waals surface area contributed by atoms with E-state index in [0.717, 1.165) is 24.9 Å². The summed E-state index contributed by atoms with van der Waals surface area (Å²) in [6, 6.07) is 0. The molecule has 0 saturated heterocycles. The van der Waals surface area contributed by atoms with Crippen LogP contribution in [0, 0.1) is 11.8 Å². The van der Waals surface area contributed by atoms with Crippen molar-refractivity contribution in [3.8, 4) is 0 Å². The van der Waals surface area contributed by atoms with Gasteiger partial charge >= 0.3 is 0 Å². The quantitative estimate of drug-likeness (QED) is 0.822. The summed E-state index contributed by atoms with van der Waals surface area (Å²) in [4.78, 5) is 7.00. The molecule has 2 rings (SSSR count). The summed E-state index contributed by atoms with van der Waals surface area (Å²) in [5.74, 6) is 1.87. The van der Waals surface area contributed by atoms with Crippen molar-refractivity contribution in [3.63, 3.8) is 0 Å². The maximum Gasteiger partial charge on any atom is 0.107 e. The van der Waals surface area contributed by atoms with Gasteiger partial charge in [-0.15, -0.1) is 11.3 Å². The molecule has 1 aromatic heterocycles. The van der Waals surface area contributed by atoms with Crippen LogP contribution in [0.25, 0.3) is 0 Å². The van der Waals surface area contributed by atoms with E-state index < -0.39 is 0 Å². The Balaban J connectivity index is 1.78. The standard InChI is InChI=1S/C12H21N3S/c1-9-4-10(9)6-15(3)7-11-8-16-12(14-11)5-13-2/h8-10,13H,4-7H2,1-3H3. The van der Waals surface area contributed by atoms with Gasteiger partial charge < -0.3 is 10.2 Å². The smallest absolute Gasteiger partial charge is 0.107 e. The molecular weight excluding hydrogens is 218 g/mol. The Hall–Kier alpha value is -0.450. The van der Waals surface area contributed by atoms with Gasteiger partial charge in [0, 0.05) is 25.0 Å². The summed E-state index contributed by atoms with van der Waals surface area (Å²) >= 11 is 1.75. The SMILES string of the molecule is CNCc1nc(CN(C)CC2CC2C)cs1. The summed E-state index contributed by atoms with van der Waals surface area (Å²) in [5.41, 5.74) is 1.21. The first-order chi connectivity index (χ1) is 7.69. The zero-order valence-corrected chi connectivity index (χ0v) is 11.2. The predicted molar refractivity (Wildman–Crippen MR) is 68.5 cm³/mol. The summed E-state index contributed by atoms with van der Waals surface area (Å²) in [6.45, 7) is 5.43. The number of aromatic nitrogens is 1. The molecule has 1 aliphatic rings. The van der Waals surface area contributed by atoms with E-state index in [4.69, 9.17) is 0 Å². The predicted octanol–water partition coefficient (Wildman–Crippen LogP) is 1.95. The van der Waals surface area contributed by atoms with E-state index in [2.05, 4.69) is 34.6 Å². The van der Waals surface area contributed by atoms with Crippen LogP contribution in [0.3, 0.4) is 0 Å². The van der Waals surface area contributed by atoms with Crippen LogP contribution >= 0.6 is 11.3 Å². The van der Waals surface area contributed by atoms with Gasteiger partial charge in [-0.1, -0.05) is 6.92 Å². The first-order valence-electron chi connectivity index (χ1n) is 5.95. The number of nitrogens with zero attached hydrogens (tertiary/aromatic N) is 2. The van der Waals surface area contributed by atoms with Crippen molar-refractivity contribution in [2.45, 2.75) is 26.4 Å². The molecule has 4 heteroatoms. The van der Waals surface area contributed by atoms with Gasteiger partial charge in [-0.05, 0) is 32.4 Å². The lowest BCUT2D eigenvalue weighted by molar-refractivity contribution is 0.304. The van der Waals surface area contributed by atoms with Crippen LogP contribution in [0.1, 0.15) is 24.0 Å². The molecule has 3 nitrogen and oxygen atoms in total. The molecule has 1 N–H and O–H groups in total. The van der Waals surface area contributed by atoms with E-state index in [1.165, 1.54) is 23.7 Å². The number of hydrogen-bond acceptors (Lipinski definition) is 4. The third-order valence-electron chi connectivity index (χ3n) is 3.18. The van der Waals surface area contributed by atoms with E-state index >= 15 is 0 Å². The van der Waals surface area contributed by atoms with Crippen molar-refractivity contribution in [1.29, 1.82) is 0 Å². The molecule has 0 spiro atoms. The van der Waals surface area contributed by atoms with Crippen LogP contribution < -0.4 is 5.32 Å². The van der Waals surface area contributed by atoms with Crippen molar-refractivity contribution in [3.05, 3.63) is 16.1 Å². The lowest BCUT2D eigenvalue weighted by Crippen LogP contribution is -2.21. The number of hydrogen-bond donors (Lipinski definition) is 1. The molecule has 2 unspecified atom stereocenters. The van der Waals surface area contributed by atoms with Crippen molar-refractivity contribution in [2.24, 2.45) is 11.8 Å². The topological polar surface area (TPSA) is 28.2 Å². The Morgan fingerprint density at radius 1 is 1.62 bits per heavy atom. The average Bonchev–Trinajstić information content (AvgIpc) is 2.74. The Morgan fingerprint density at radius 3 is 3.00 bits per heavy atom.